The largest absolute Gasteiger partial charge is 0.431 e. The maximum absolute atomic E-state index is 11.0. The van der Waals surface area contributed by atoms with Gasteiger partial charge in [-0.1, -0.05) is 11.3 Å². The Hall–Kier alpha value is -1.33. The van der Waals surface area contributed by atoms with E-state index >= 15 is 0 Å². The van der Waals surface area contributed by atoms with Crippen molar-refractivity contribution >= 4 is 23.1 Å². The minimum Gasteiger partial charge on any atom is -0.431 e. The second-order valence-electron chi connectivity index (χ2n) is 2.91. The van der Waals surface area contributed by atoms with Crippen molar-refractivity contribution in [2.45, 2.75) is 4.90 Å². The number of ether oxygens (including phenoxy) is 1. The van der Waals surface area contributed by atoms with E-state index in [0.29, 0.717) is 10.9 Å². The first kappa shape index (κ1) is 11.2. The first-order valence-corrected chi connectivity index (χ1v) is 6.66. The normalized spacial score (nSPS) is 10.1. The van der Waals surface area contributed by atoms with Gasteiger partial charge in [0.15, 0.2) is 0 Å². The lowest BCUT2D eigenvalue weighted by atomic mass is 10.3. The van der Waals surface area contributed by atoms with Crippen molar-refractivity contribution < 1.29 is 4.74 Å². The molecule has 0 aliphatic carbocycles. The molecule has 82 valence electrons. The standard InChI is InChI=1S/C11H9NO2S2/c1-15-9-4-2-8(3-5-9)14-11-12-10(13)6-7-16-11/h2-7H,1H3. The Morgan fingerprint density at radius 2 is 2.00 bits per heavy atom. The molecule has 0 bridgehead atoms. The molecule has 0 atom stereocenters. The molecule has 5 heteroatoms. The predicted molar refractivity (Wildman–Crippen MR) is 66.7 cm³/mol. The lowest BCUT2D eigenvalue weighted by molar-refractivity contribution is 0.475. The average molecular weight is 251 g/mol. The van der Waals surface area contributed by atoms with Gasteiger partial charge in [0.2, 0.25) is 0 Å². The topological polar surface area (TPSA) is 39.2 Å². The van der Waals surface area contributed by atoms with Crippen LogP contribution in [-0.2, 0) is 0 Å². The highest BCUT2D eigenvalue weighted by atomic mass is 32.2. The molecule has 1 heterocycles. The van der Waals surface area contributed by atoms with Gasteiger partial charge >= 0.3 is 0 Å². The minimum absolute atomic E-state index is 0.283. The molecule has 0 N–H and O–H groups in total. The Morgan fingerprint density at radius 1 is 1.25 bits per heavy atom. The Labute approximate surface area is 101 Å². The van der Waals surface area contributed by atoms with Gasteiger partial charge in [-0.3, -0.25) is 4.79 Å². The number of hydrogen-bond acceptors (Lipinski definition) is 5. The maximum Gasteiger partial charge on any atom is 0.282 e. The third kappa shape index (κ3) is 2.84. The molecule has 0 aliphatic heterocycles. The molecule has 0 spiro atoms. The van der Waals surface area contributed by atoms with Crippen LogP contribution in [-0.4, -0.2) is 11.2 Å². The van der Waals surface area contributed by atoms with Crippen molar-refractivity contribution in [3.05, 3.63) is 46.1 Å². The third-order valence-corrected chi connectivity index (χ3v) is 3.24. The van der Waals surface area contributed by atoms with Gasteiger partial charge in [0.05, 0.1) is 0 Å². The number of hydrogen-bond donors (Lipinski definition) is 0. The van der Waals surface area contributed by atoms with Crippen LogP contribution < -0.4 is 10.3 Å². The first-order valence-electron chi connectivity index (χ1n) is 4.56. The second kappa shape index (κ2) is 5.14. The van der Waals surface area contributed by atoms with E-state index in [1.165, 1.54) is 22.3 Å². The van der Waals surface area contributed by atoms with E-state index in [0.717, 1.165) is 0 Å². The van der Waals surface area contributed by atoms with E-state index in [1.54, 1.807) is 17.1 Å². The van der Waals surface area contributed by atoms with Crippen LogP contribution in [0.25, 0.3) is 0 Å². The van der Waals surface area contributed by atoms with Crippen molar-refractivity contribution in [3.8, 4) is 10.9 Å². The Balaban J connectivity index is 2.17. The summed E-state index contributed by atoms with van der Waals surface area (Å²) in [6.07, 6.45) is 2.01. The molecule has 0 unspecified atom stereocenters. The van der Waals surface area contributed by atoms with Crippen LogP contribution in [0.4, 0.5) is 0 Å². The van der Waals surface area contributed by atoms with Crippen molar-refractivity contribution in [1.82, 2.24) is 4.98 Å². The smallest absolute Gasteiger partial charge is 0.282 e. The Morgan fingerprint density at radius 3 is 2.62 bits per heavy atom. The molecular weight excluding hydrogens is 242 g/mol. The van der Waals surface area contributed by atoms with E-state index < -0.39 is 0 Å². The molecule has 0 amide bonds. The van der Waals surface area contributed by atoms with Gasteiger partial charge in [-0.05, 0) is 30.5 Å². The summed E-state index contributed by atoms with van der Waals surface area (Å²) in [7, 11) is 0. The number of thioether (sulfide) groups is 1. The molecule has 0 aliphatic rings. The summed E-state index contributed by atoms with van der Waals surface area (Å²) in [5, 5.41) is 2.03. The Kier molecular flexibility index (Phi) is 3.58. The van der Waals surface area contributed by atoms with Crippen LogP contribution >= 0.6 is 23.1 Å². The van der Waals surface area contributed by atoms with E-state index in [2.05, 4.69) is 4.98 Å². The number of benzene rings is 1. The molecule has 0 saturated carbocycles. The van der Waals surface area contributed by atoms with Crippen LogP contribution in [0.2, 0.25) is 0 Å². The van der Waals surface area contributed by atoms with Crippen LogP contribution in [0.3, 0.4) is 0 Å². The van der Waals surface area contributed by atoms with Gasteiger partial charge < -0.3 is 4.74 Å². The zero-order valence-corrected chi connectivity index (χ0v) is 10.2. The zero-order valence-electron chi connectivity index (χ0n) is 8.54. The summed E-state index contributed by atoms with van der Waals surface area (Å²) in [5.74, 6) is 0.687. The molecule has 3 nitrogen and oxygen atoms in total. The average Bonchev–Trinajstić information content (AvgIpc) is 2.30. The van der Waals surface area contributed by atoms with E-state index in [1.807, 2.05) is 30.5 Å². The highest BCUT2D eigenvalue weighted by Crippen LogP contribution is 2.24. The molecule has 0 radical (unpaired) electrons. The summed E-state index contributed by atoms with van der Waals surface area (Å²) < 4.78 is 5.46. The van der Waals surface area contributed by atoms with E-state index in [4.69, 9.17) is 4.74 Å². The predicted octanol–water partition coefficient (Wildman–Crippen LogP) is 3.02. The maximum atomic E-state index is 11.0. The fourth-order valence-corrected chi connectivity index (χ4v) is 2.09. The SMILES string of the molecule is CSc1ccc(Oc2nc(=O)ccs2)cc1. The highest BCUT2D eigenvalue weighted by Gasteiger charge is 1.99. The molecule has 2 rings (SSSR count). The van der Waals surface area contributed by atoms with Crippen molar-refractivity contribution in [1.29, 1.82) is 0 Å². The van der Waals surface area contributed by atoms with Crippen molar-refractivity contribution in [2.75, 3.05) is 6.26 Å². The zero-order chi connectivity index (χ0) is 11.4. The van der Waals surface area contributed by atoms with Gasteiger partial charge in [-0.2, -0.15) is 4.98 Å². The van der Waals surface area contributed by atoms with E-state index in [-0.39, 0.29) is 5.56 Å². The molecule has 16 heavy (non-hydrogen) atoms. The van der Waals surface area contributed by atoms with Crippen LogP contribution in [0, 0.1) is 0 Å². The molecule has 1 aromatic carbocycles. The number of rotatable bonds is 3. The van der Waals surface area contributed by atoms with Gasteiger partial charge in [0, 0.05) is 16.3 Å². The Bertz CT molecular complexity index is 522. The van der Waals surface area contributed by atoms with Crippen molar-refractivity contribution in [3.63, 3.8) is 0 Å². The number of aromatic nitrogens is 1. The molecule has 1 aromatic heterocycles. The monoisotopic (exact) mass is 251 g/mol. The van der Waals surface area contributed by atoms with Gasteiger partial charge in [-0.15, -0.1) is 11.8 Å². The first-order chi connectivity index (χ1) is 7.78. The van der Waals surface area contributed by atoms with Gasteiger partial charge in [-0.25, -0.2) is 0 Å². The lowest BCUT2D eigenvalue weighted by Gasteiger charge is -2.03. The molecular formula is C11H9NO2S2. The summed E-state index contributed by atoms with van der Waals surface area (Å²) in [6.45, 7) is 0. The quantitative estimate of drug-likeness (QED) is 0.786. The summed E-state index contributed by atoms with van der Waals surface area (Å²) >= 11 is 2.96. The van der Waals surface area contributed by atoms with Crippen LogP contribution in [0.5, 0.6) is 10.9 Å². The van der Waals surface area contributed by atoms with Gasteiger partial charge in [0.25, 0.3) is 10.8 Å². The fraction of sp³-hybridized carbons (Fsp3) is 0.0909. The highest BCUT2D eigenvalue weighted by molar-refractivity contribution is 7.98. The lowest BCUT2D eigenvalue weighted by Crippen LogP contribution is -2.02. The second-order valence-corrected chi connectivity index (χ2v) is 4.65. The van der Waals surface area contributed by atoms with Crippen LogP contribution in [0.15, 0.2) is 45.4 Å². The number of nitrogens with zero attached hydrogens (tertiary/aromatic N) is 1. The molecule has 0 fully saturated rings. The minimum atomic E-state index is -0.283. The summed E-state index contributed by atoms with van der Waals surface area (Å²) in [4.78, 5) is 15.9. The summed E-state index contributed by atoms with van der Waals surface area (Å²) in [6, 6.07) is 9.06. The fourth-order valence-electron chi connectivity index (χ4n) is 1.10. The summed E-state index contributed by atoms with van der Waals surface area (Å²) in [5.41, 5.74) is -0.283. The molecule has 0 saturated heterocycles. The van der Waals surface area contributed by atoms with Gasteiger partial charge in [0.1, 0.15) is 5.75 Å². The van der Waals surface area contributed by atoms with E-state index in [9.17, 15) is 4.79 Å². The van der Waals surface area contributed by atoms with Crippen LogP contribution in [0.1, 0.15) is 0 Å². The molecule has 2 aromatic rings. The third-order valence-electron chi connectivity index (χ3n) is 1.85. The van der Waals surface area contributed by atoms with Crippen molar-refractivity contribution in [2.24, 2.45) is 0 Å².